The molecule has 0 amide bonds. The van der Waals surface area contributed by atoms with Crippen molar-refractivity contribution in [2.75, 3.05) is 0 Å². The summed E-state index contributed by atoms with van der Waals surface area (Å²) in [5, 5.41) is 4.11. The van der Waals surface area contributed by atoms with Crippen molar-refractivity contribution in [3.63, 3.8) is 0 Å². The van der Waals surface area contributed by atoms with Crippen LogP contribution in [-0.4, -0.2) is 25.3 Å². The smallest absolute Gasteiger partial charge is 0.358 e. The van der Waals surface area contributed by atoms with Gasteiger partial charge in [0.1, 0.15) is 12.4 Å². The Morgan fingerprint density at radius 3 is 2.64 bits per heavy atom. The number of esters is 1. The number of imidazole rings is 1. The molecular formula is C16H16N4O2. The fraction of sp³-hybridized carbons (Fsp3) is 0.188. The van der Waals surface area contributed by atoms with Crippen LogP contribution in [0.4, 0.5) is 0 Å². The van der Waals surface area contributed by atoms with Crippen molar-refractivity contribution in [3.05, 3.63) is 60.2 Å². The number of hydrogen-bond donors (Lipinski definition) is 0. The monoisotopic (exact) mass is 296 g/mol. The van der Waals surface area contributed by atoms with E-state index in [9.17, 15) is 4.79 Å². The van der Waals surface area contributed by atoms with Gasteiger partial charge in [-0.3, -0.25) is 4.68 Å². The van der Waals surface area contributed by atoms with E-state index in [0.717, 1.165) is 11.1 Å². The van der Waals surface area contributed by atoms with Crippen molar-refractivity contribution >= 4 is 5.97 Å². The molecule has 0 saturated heterocycles. The largest absolute Gasteiger partial charge is 0.456 e. The average molecular weight is 296 g/mol. The predicted molar refractivity (Wildman–Crippen MR) is 81.0 cm³/mol. The molecule has 2 aromatic heterocycles. The molecule has 112 valence electrons. The van der Waals surface area contributed by atoms with Gasteiger partial charge in [0.15, 0.2) is 5.69 Å². The lowest BCUT2D eigenvalue weighted by atomic mass is 10.2. The first kappa shape index (κ1) is 14.1. The summed E-state index contributed by atoms with van der Waals surface area (Å²) in [5.74, 6) is 0.245. The van der Waals surface area contributed by atoms with Crippen molar-refractivity contribution in [1.82, 2.24) is 19.3 Å². The van der Waals surface area contributed by atoms with Crippen LogP contribution in [0.25, 0.3) is 11.4 Å². The maximum Gasteiger partial charge on any atom is 0.358 e. The fourth-order valence-electron chi connectivity index (χ4n) is 2.17. The molecule has 0 fully saturated rings. The minimum absolute atomic E-state index is 0.235. The SMILES string of the molecule is Cn1cc(-c2nc(C(=O)OCc3ccccc3)cn2C)cn1. The van der Waals surface area contributed by atoms with Crippen LogP contribution >= 0.6 is 0 Å². The van der Waals surface area contributed by atoms with Gasteiger partial charge in [-0.25, -0.2) is 9.78 Å². The number of benzene rings is 1. The van der Waals surface area contributed by atoms with Gasteiger partial charge in [-0.1, -0.05) is 30.3 Å². The molecule has 0 unspecified atom stereocenters. The van der Waals surface area contributed by atoms with Crippen LogP contribution < -0.4 is 0 Å². The summed E-state index contributed by atoms with van der Waals surface area (Å²) in [5.41, 5.74) is 2.09. The molecule has 0 radical (unpaired) electrons. The van der Waals surface area contributed by atoms with E-state index < -0.39 is 5.97 Å². The quantitative estimate of drug-likeness (QED) is 0.692. The molecular weight excluding hydrogens is 280 g/mol. The van der Waals surface area contributed by atoms with Gasteiger partial charge < -0.3 is 9.30 Å². The molecule has 6 heteroatoms. The first-order valence-corrected chi connectivity index (χ1v) is 6.87. The van der Waals surface area contributed by atoms with Gasteiger partial charge in [-0.15, -0.1) is 0 Å². The predicted octanol–water partition coefficient (Wildman–Crippen LogP) is 2.18. The number of aromatic nitrogens is 4. The van der Waals surface area contributed by atoms with Crippen LogP contribution in [0.3, 0.4) is 0 Å². The summed E-state index contributed by atoms with van der Waals surface area (Å²) in [7, 11) is 3.67. The van der Waals surface area contributed by atoms with E-state index >= 15 is 0 Å². The molecule has 0 saturated carbocycles. The molecule has 0 aliphatic carbocycles. The molecule has 0 aliphatic heterocycles. The standard InChI is InChI=1S/C16H16N4O2/c1-19-10-14(18-15(19)13-8-17-20(2)9-13)16(21)22-11-12-6-4-3-5-7-12/h3-10H,11H2,1-2H3. The second-order valence-electron chi connectivity index (χ2n) is 5.03. The molecule has 0 aliphatic rings. The molecule has 0 spiro atoms. The van der Waals surface area contributed by atoms with Crippen LogP contribution in [0.15, 0.2) is 48.9 Å². The Labute approximate surface area is 128 Å². The van der Waals surface area contributed by atoms with E-state index in [1.165, 1.54) is 0 Å². The lowest BCUT2D eigenvalue weighted by Gasteiger charge is -2.02. The van der Waals surface area contributed by atoms with E-state index in [1.54, 1.807) is 21.6 Å². The number of rotatable bonds is 4. The number of nitrogens with zero attached hydrogens (tertiary/aromatic N) is 4. The van der Waals surface area contributed by atoms with Crippen molar-refractivity contribution in [3.8, 4) is 11.4 Å². The summed E-state index contributed by atoms with van der Waals surface area (Å²) in [6.07, 6.45) is 5.22. The normalized spacial score (nSPS) is 10.6. The van der Waals surface area contributed by atoms with Crippen LogP contribution in [0.1, 0.15) is 16.1 Å². The third-order valence-corrected chi connectivity index (χ3v) is 3.26. The van der Waals surface area contributed by atoms with Crippen LogP contribution in [0.2, 0.25) is 0 Å². The average Bonchev–Trinajstić information content (AvgIpc) is 3.11. The first-order chi connectivity index (χ1) is 10.6. The molecule has 6 nitrogen and oxygen atoms in total. The molecule has 3 aromatic rings. The summed E-state index contributed by atoms with van der Waals surface area (Å²) >= 11 is 0. The number of carbonyl (C=O) groups is 1. The zero-order chi connectivity index (χ0) is 15.5. The Morgan fingerprint density at radius 2 is 1.95 bits per heavy atom. The number of hydrogen-bond acceptors (Lipinski definition) is 4. The number of ether oxygens (including phenoxy) is 1. The Balaban J connectivity index is 1.74. The maximum absolute atomic E-state index is 12.1. The number of aryl methyl sites for hydroxylation is 2. The van der Waals surface area contributed by atoms with Gasteiger partial charge in [-0.2, -0.15) is 5.10 Å². The number of carbonyl (C=O) groups excluding carboxylic acids is 1. The third-order valence-electron chi connectivity index (χ3n) is 3.26. The molecule has 0 atom stereocenters. The second-order valence-corrected chi connectivity index (χ2v) is 5.03. The highest BCUT2D eigenvalue weighted by atomic mass is 16.5. The lowest BCUT2D eigenvalue weighted by Crippen LogP contribution is -2.05. The highest BCUT2D eigenvalue weighted by Crippen LogP contribution is 2.17. The van der Waals surface area contributed by atoms with Crippen LogP contribution in [0.5, 0.6) is 0 Å². The lowest BCUT2D eigenvalue weighted by molar-refractivity contribution is 0.0466. The van der Waals surface area contributed by atoms with Crippen molar-refractivity contribution < 1.29 is 9.53 Å². The van der Waals surface area contributed by atoms with Crippen LogP contribution in [-0.2, 0) is 25.4 Å². The summed E-state index contributed by atoms with van der Waals surface area (Å²) < 4.78 is 8.77. The van der Waals surface area contributed by atoms with E-state index in [-0.39, 0.29) is 12.3 Å². The fourth-order valence-corrected chi connectivity index (χ4v) is 2.17. The third kappa shape index (κ3) is 2.90. The Morgan fingerprint density at radius 1 is 1.18 bits per heavy atom. The topological polar surface area (TPSA) is 61.9 Å². The van der Waals surface area contributed by atoms with Gasteiger partial charge in [0, 0.05) is 26.5 Å². The Kier molecular flexibility index (Phi) is 3.74. The van der Waals surface area contributed by atoms with E-state index in [2.05, 4.69) is 10.1 Å². The van der Waals surface area contributed by atoms with Crippen molar-refractivity contribution in [2.24, 2.45) is 14.1 Å². The highest BCUT2D eigenvalue weighted by molar-refractivity contribution is 5.87. The Hall–Kier alpha value is -2.89. The summed E-state index contributed by atoms with van der Waals surface area (Å²) in [4.78, 5) is 16.4. The van der Waals surface area contributed by atoms with E-state index in [0.29, 0.717) is 5.82 Å². The minimum Gasteiger partial charge on any atom is -0.456 e. The summed E-state index contributed by atoms with van der Waals surface area (Å²) in [6.45, 7) is 0.235. The zero-order valence-electron chi connectivity index (χ0n) is 12.4. The molecule has 2 heterocycles. The van der Waals surface area contributed by atoms with Gasteiger partial charge in [0.25, 0.3) is 0 Å². The summed E-state index contributed by atoms with van der Waals surface area (Å²) in [6, 6.07) is 9.55. The van der Waals surface area contributed by atoms with Gasteiger partial charge in [-0.05, 0) is 5.56 Å². The highest BCUT2D eigenvalue weighted by Gasteiger charge is 2.16. The van der Waals surface area contributed by atoms with Crippen LogP contribution in [0, 0.1) is 0 Å². The van der Waals surface area contributed by atoms with Gasteiger partial charge in [0.05, 0.1) is 11.8 Å². The second kappa shape index (κ2) is 5.85. The molecule has 3 rings (SSSR count). The molecule has 0 N–H and O–H groups in total. The van der Waals surface area contributed by atoms with Crippen molar-refractivity contribution in [1.29, 1.82) is 0 Å². The Bertz CT molecular complexity index is 790. The van der Waals surface area contributed by atoms with Crippen molar-refractivity contribution in [2.45, 2.75) is 6.61 Å². The molecule has 1 aromatic carbocycles. The van der Waals surface area contributed by atoms with E-state index in [1.807, 2.05) is 50.6 Å². The first-order valence-electron chi connectivity index (χ1n) is 6.87. The minimum atomic E-state index is -0.436. The maximum atomic E-state index is 12.1. The van der Waals surface area contributed by atoms with E-state index in [4.69, 9.17) is 4.74 Å². The van der Waals surface area contributed by atoms with Gasteiger partial charge in [0.2, 0.25) is 0 Å². The molecule has 0 bridgehead atoms. The zero-order valence-corrected chi connectivity index (χ0v) is 12.4. The van der Waals surface area contributed by atoms with Gasteiger partial charge >= 0.3 is 5.97 Å². The molecule has 22 heavy (non-hydrogen) atoms.